The van der Waals surface area contributed by atoms with E-state index in [1.807, 2.05) is 6.92 Å². The quantitative estimate of drug-likeness (QED) is 0.590. The summed E-state index contributed by atoms with van der Waals surface area (Å²) in [5, 5.41) is 9.44. The molecular formula is C17H25NO4S. The van der Waals surface area contributed by atoms with Crippen LogP contribution in [0.5, 0.6) is 0 Å². The van der Waals surface area contributed by atoms with Crippen molar-refractivity contribution < 1.29 is 19.4 Å². The summed E-state index contributed by atoms with van der Waals surface area (Å²) in [6.45, 7) is 7.86. The van der Waals surface area contributed by atoms with Gasteiger partial charge in [0.15, 0.2) is 0 Å². The minimum atomic E-state index is -0.965. The van der Waals surface area contributed by atoms with Gasteiger partial charge in [0.1, 0.15) is 11.6 Å². The summed E-state index contributed by atoms with van der Waals surface area (Å²) >= 11 is 4.15. The van der Waals surface area contributed by atoms with Crippen molar-refractivity contribution in [1.29, 1.82) is 0 Å². The third-order valence-corrected chi connectivity index (χ3v) is 3.48. The number of esters is 1. The van der Waals surface area contributed by atoms with E-state index < -0.39 is 23.6 Å². The third kappa shape index (κ3) is 5.46. The van der Waals surface area contributed by atoms with Crippen molar-refractivity contribution >= 4 is 30.3 Å². The van der Waals surface area contributed by atoms with Crippen LogP contribution in [0.4, 0.5) is 5.69 Å². The Bertz CT molecular complexity index is 554. The van der Waals surface area contributed by atoms with Gasteiger partial charge in [-0.25, -0.2) is 9.59 Å². The average Bonchev–Trinajstić information content (AvgIpc) is 2.45. The molecule has 0 aliphatic rings. The summed E-state index contributed by atoms with van der Waals surface area (Å²) in [7, 11) is 0. The van der Waals surface area contributed by atoms with Gasteiger partial charge in [0.05, 0.1) is 11.3 Å². The zero-order chi connectivity index (χ0) is 17.6. The summed E-state index contributed by atoms with van der Waals surface area (Å²) in [6.07, 6.45) is 0.750. The number of aliphatic carboxylic acids is 1. The highest BCUT2D eigenvalue weighted by Gasteiger charge is 2.28. The second-order valence-corrected chi connectivity index (χ2v) is 6.61. The normalized spacial score (nSPS) is 12.6. The standard InChI is InChI=1S/C17H25NO4S/c1-5-10-18(14(11-23)15(19)20)13-9-7-6-8-12(13)16(21)22-17(2,3)4/h6-9,14,23H,5,10-11H2,1-4H3,(H,19,20)/t14-/m0/s1. The van der Waals surface area contributed by atoms with Crippen molar-refractivity contribution in [1.82, 2.24) is 0 Å². The summed E-state index contributed by atoms with van der Waals surface area (Å²) in [5.74, 6) is -1.28. The highest BCUT2D eigenvalue weighted by molar-refractivity contribution is 7.80. The van der Waals surface area contributed by atoms with Gasteiger partial charge in [-0.2, -0.15) is 12.6 Å². The van der Waals surface area contributed by atoms with Gasteiger partial charge in [-0.15, -0.1) is 0 Å². The van der Waals surface area contributed by atoms with Crippen molar-refractivity contribution in [3.8, 4) is 0 Å². The first kappa shape index (κ1) is 19.4. The predicted molar refractivity (Wildman–Crippen MR) is 94.5 cm³/mol. The van der Waals surface area contributed by atoms with E-state index in [9.17, 15) is 14.7 Å². The molecule has 0 saturated heterocycles. The first-order valence-corrected chi connectivity index (χ1v) is 8.27. The van der Waals surface area contributed by atoms with E-state index in [0.29, 0.717) is 17.8 Å². The Morgan fingerprint density at radius 3 is 2.39 bits per heavy atom. The number of nitrogens with zero attached hydrogens (tertiary/aromatic N) is 1. The molecule has 0 saturated carbocycles. The van der Waals surface area contributed by atoms with E-state index in [2.05, 4.69) is 12.6 Å². The number of thiol groups is 1. The van der Waals surface area contributed by atoms with Crippen LogP contribution in [0.2, 0.25) is 0 Å². The zero-order valence-corrected chi connectivity index (χ0v) is 15.0. The number of anilines is 1. The number of carboxylic acids is 1. The molecule has 128 valence electrons. The van der Waals surface area contributed by atoms with E-state index in [1.54, 1.807) is 49.9 Å². The molecule has 0 aliphatic carbocycles. The highest BCUT2D eigenvalue weighted by Crippen LogP contribution is 2.26. The van der Waals surface area contributed by atoms with Gasteiger partial charge in [0, 0.05) is 12.3 Å². The predicted octanol–water partition coefficient (Wildman–Crippen LogP) is 3.24. The molecule has 0 aromatic heterocycles. The Balaban J connectivity index is 3.27. The topological polar surface area (TPSA) is 66.8 Å². The van der Waals surface area contributed by atoms with Crippen molar-refractivity contribution in [2.75, 3.05) is 17.2 Å². The maximum absolute atomic E-state index is 12.5. The van der Waals surface area contributed by atoms with Crippen molar-refractivity contribution in [2.24, 2.45) is 0 Å². The smallest absolute Gasteiger partial charge is 0.340 e. The summed E-state index contributed by atoms with van der Waals surface area (Å²) in [5.41, 5.74) is 0.309. The van der Waals surface area contributed by atoms with Crippen LogP contribution < -0.4 is 4.90 Å². The molecule has 0 amide bonds. The molecule has 0 unspecified atom stereocenters. The molecule has 0 aliphatic heterocycles. The van der Waals surface area contributed by atoms with Crippen LogP contribution in [0.15, 0.2) is 24.3 Å². The number of hydrogen-bond donors (Lipinski definition) is 2. The van der Waals surface area contributed by atoms with Gasteiger partial charge in [-0.05, 0) is 39.3 Å². The molecule has 1 aromatic rings. The van der Waals surface area contributed by atoms with Crippen molar-refractivity contribution in [2.45, 2.75) is 45.8 Å². The van der Waals surface area contributed by atoms with Gasteiger partial charge < -0.3 is 14.7 Å². The van der Waals surface area contributed by atoms with Crippen LogP contribution in [0.3, 0.4) is 0 Å². The van der Waals surface area contributed by atoms with Gasteiger partial charge in [0.2, 0.25) is 0 Å². The molecule has 1 N–H and O–H groups in total. The molecule has 0 fully saturated rings. The number of benzene rings is 1. The van der Waals surface area contributed by atoms with E-state index in [-0.39, 0.29) is 5.75 Å². The van der Waals surface area contributed by atoms with Crippen LogP contribution in [-0.2, 0) is 9.53 Å². The molecule has 23 heavy (non-hydrogen) atoms. The molecule has 1 aromatic carbocycles. The summed E-state index contributed by atoms with van der Waals surface area (Å²) < 4.78 is 5.43. The lowest BCUT2D eigenvalue weighted by molar-refractivity contribution is -0.138. The van der Waals surface area contributed by atoms with Crippen LogP contribution in [0.25, 0.3) is 0 Å². The summed E-state index contributed by atoms with van der Waals surface area (Å²) in [6, 6.07) is 6.12. The Morgan fingerprint density at radius 1 is 1.30 bits per heavy atom. The molecule has 0 heterocycles. The lowest BCUT2D eigenvalue weighted by Gasteiger charge is -2.31. The molecule has 0 radical (unpaired) electrons. The Kier molecular flexibility index (Phi) is 6.94. The van der Waals surface area contributed by atoms with E-state index in [1.165, 1.54) is 0 Å². The second kappa shape index (κ2) is 8.24. The fourth-order valence-corrected chi connectivity index (χ4v) is 2.58. The van der Waals surface area contributed by atoms with Gasteiger partial charge in [-0.1, -0.05) is 19.1 Å². The third-order valence-electron chi connectivity index (χ3n) is 3.13. The minimum absolute atomic E-state index is 0.151. The van der Waals surface area contributed by atoms with Gasteiger partial charge in [-0.3, -0.25) is 0 Å². The Morgan fingerprint density at radius 2 is 1.91 bits per heavy atom. The highest BCUT2D eigenvalue weighted by atomic mass is 32.1. The second-order valence-electron chi connectivity index (χ2n) is 6.25. The largest absolute Gasteiger partial charge is 0.480 e. The first-order chi connectivity index (χ1) is 10.7. The zero-order valence-electron chi connectivity index (χ0n) is 14.1. The van der Waals surface area contributed by atoms with E-state index >= 15 is 0 Å². The summed E-state index contributed by atoms with van der Waals surface area (Å²) in [4.78, 5) is 25.7. The van der Waals surface area contributed by atoms with Crippen LogP contribution in [-0.4, -0.2) is 41.0 Å². The number of carboxylic acid groups (broad SMARTS) is 1. The van der Waals surface area contributed by atoms with Crippen LogP contribution in [0, 0.1) is 0 Å². The Labute approximate surface area is 143 Å². The molecule has 0 bridgehead atoms. The van der Waals surface area contributed by atoms with Crippen LogP contribution >= 0.6 is 12.6 Å². The first-order valence-electron chi connectivity index (χ1n) is 7.64. The van der Waals surface area contributed by atoms with Gasteiger partial charge >= 0.3 is 11.9 Å². The van der Waals surface area contributed by atoms with E-state index in [0.717, 1.165) is 6.42 Å². The fraction of sp³-hybridized carbons (Fsp3) is 0.529. The maximum Gasteiger partial charge on any atom is 0.340 e. The lowest BCUT2D eigenvalue weighted by Crippen LogP contribution is -2.44. The molecule has 1 rings (SSSR count). The number of hydrogen-bond acceptors (Lipinski definition) is 5. The number of ether oxygens (including phenoxy) is 1. The molecule has 5 nitrogen and oxygen atoms in total. The van der Waals surface area contributed by atoms with Gasteiger partial charge in [0.25, 0.3) is 0 Å². The minimum Gasteiger partial charge on any atom is -0.480 e. The monoisotopic (exact) mass is 339 g/mol. The molecule has 1 atom stereocenters. The SMILES string of the molecule is CCCN(c1ccccc1C(=O)OC(C)(C)C)[C@@H](CS)C(=O)O. The number of para-hydroxylation sites is 1. The lowest BCUT2D eigenvalue weighted by atomic mass is 10.1. The maximum atomic E-state index is 12.5. The van der Waals surface area contributed by atoms with Crippen molar-refractivity contribution in [3.05, 3.63) is 29.8 Å². The average molecular weight is 339 g/mol. The molecule has 6 heteroatoms. The molecule has 0 spiro atoms. The van der Waals surface area contributed by atoms with Crippen molar-refractivity contribution in [3.63, 3.8) is 0 Å². The van der Waals surface area contributed by atoms with E-state index in [4.69, 9.17) is 4.74 Å². The Hall–Kier alpha value is -1.69. The molecular weight excluding hydrogens is 314 g/mol. The number of rotatable bonds is 7. The fourth-order valence-electron chi connectivity index (χ4n) is 2.22. The number of carbonyl (C=O) groups excluding carboxylic acids is 1. The van der Waals surface area contributed by atoms with Crippen LogP contribution in [0.1, 0.15) is 44.5 Å². The number of carbonyl (C=O) groups is 2.